The maximum absolute atomic E-state index is 3.51. The summed E-state index contributed by atoms with van der Waals surface area (Å²) in [5.74, 6) is 0.625. The zero-order valence-electron chi connectivity index (χ0n) is 14.0. The highest BCUT2D eigenvalue weighted by Crippen LogP contribution is 2.25. The summed E-state index contributed by atoms with van der Waals surface area (Å²) >= 11 is 0. The lowest BCUT2D eigenvalue weighted by Crippen LogP contribution is -2.28. The molecule has 0 aliphatic carbocycles. The van der Waals surface area contributed by atoms with E-state index in [-0.39, 0.29) is 0 Å². The van der Waals surface area contributed by atoms with Crippen molar-refractivity contribution in [2.24, 2.45) is 5.92 Å². The Bertz CT molecular complexity index is 850. The highest BCUT2D eigenvalue weighted by atomic mass is 15.2. The van der Waals surface area contributed by atoms with E-state index in [1.54, 1.807) is 5.57 Å². The predicted octanol–water partition coefficient (Wildman–Crippen LogP) is 1.93. The van der Waals surface area contributed by atoms with Crippen molar-refractivity contribution < 1.29 is 0 Å². The first-order chi connectivity index (χ1) is 11.2. The van der Waals surface area contributed by atoms with E-state index in [0.717, 1.165) is 26.2 Å². The summed E-state index contributed by atoms with van der Waals surface area (Å²) in [4.78, 5) is 2.60. The van der Waals surface area contributed by atoms with Gasteiger partial charge in [-0.1, -0.05) is 42.5 Å². The highest BCUT2D eigenvalue weighted by Gasteiger charge is 2.28. The van der Waals surface area contributed by atoms with Crippen molar-refractivity contribution >= 4 is 11.8 Å². The van der Waals surface area contributed by atoms with Crippen LogP contribution in [0.1, 0.15) is 16.7 Å². The van der Waals surface area contributed by atoms with Gasteiger partial charge in [-0.25, -0.2) is 0 Å². The number of aryl methyl sites for hydroxylation is 1. The number of rotatable bonds is 2. The SMILES string of the molecule is Cc1cccc(CN2CC3=c4ccccc4=CNCC3C2)c1C. The number of nitrogens with zero attached hydrogens (tertiary/aromatic N) is 1. The molecular weight excluding hydrogens is 280 g/mol. The molecule has 2 heteroatoms. The zero-order chi connectivity index (χ0) is 15.8. The smallest absolute Gasteiger partial charge is 0.0240 e. The summed E-state index contributed by atoms with van der Waals surface area (Å²) in [5, 5.41) is 6.28. The van der Waals surface area contributed by atoms with Gasteiger partial charge in [-0.15, -0.1) is 0 Å². The monoisotopic (exact) mass is 304 g/mol. The molecule has 1 saturated heterocycles. The highest BCUT2D eigenvalue weighted by molar-refractivity contribution is 5.55. The van der Waals surface area contributed by atoms with Crippen molar-refractivity contribution in [1.29, 1.82) is 0 Å². The third-order valence-electron chi connectivity index (χ3n) is 5.40. The van der Waals surface area contributed by atoms with Gasteiger partial charge in [0.2, 0.25) is 0 Å². The van der Waals surface area contributed by atoms with Crippen LogP contribution < -0.4 is 15.8 Å². The lowest BCUT2D eigenvalue weighted by atomic mass is 10.0. The molecule has 23 heavy (non-hydrogen) atoms. The number of hydrogen-bond donors (Lipinski definition) is 1. The van der Waals surface area contributed by atoms with E-state index >= 15 is 0 Å². The van der Waals surface area contributed by atoms with Crippen LogP contribution in [0.15, 0.2) is 42.5 Å². The Morgan fingerprint density at radius 2 is 1.96 bits per heavy atom. The van der Waals surface area contributed by atoms with Crippen molar-refractivity contribution in [2.75, 3.05) is 19.6 Å². The summed E-state index contributed by atoms with van der Waals surface area (Å²) in [6, 6.07) is 15.5. The van der Waals surface area contributed by atoms with E-state index in [0.29, 0.717) is 5.92 Å². The first kappa shape index (κ1) is 14.5. The first-order valence-corrected chi connectivity index (χ1v) is 8.51. The van der Waals surface area contributed by atoms with E-state index < -0.39 is 0 Å². The number of fused-ring (bicyclic) bond motifs is 2. The summed E-state index contributed by atoms with van der Waals surface area (Å²) in [5.41, 5.74) is 5.91. The molecule has 2 aromatic carbocycles. The van der Waals surface area contributed by atoms with Crippen LogP contribution in [0.4, 0.5) is 0 Å². The largest absolute Gasteiger partial charge is 0.390 e. The predicted molar refractivity (Wildman–Crippen MR) is 96.3 cm³/mol. The molecule has 2 nitrogen and oxygen atoms in total. The average molecular weight is 304 g/mol. The second-order valence-corrected chi connectivity index (χ2v) is 6.89. The van der Waals surface area contributed by atoms with Crippen molar-refractivity contribution in [2.45, 2.75) is 20.4 Å². The molecule has 0 bridgehead atoms. The molecule has 2 aliphatic heterocycles. The quantitative estimate of drug-likeness (QED) is 0.912. The Morgan fingerprint density at radius 1 is 1.09 bits per heavy atom. The van der Waals surface area contributed by atoms with Gasteiger partial charge in [-0.05, 0) is 46.5 Å². The third kappa shape index (κ3) is 2.68. The molecule has 2 aromatic rings. The molecule has 1 fully saturated rings. The maximum Gasteiger partial charge on any atom is 0.0240 e. The van der Waals surface area contributed by atoms with Crippen LogP contribution >= 0.6 is 0 Å². The van der Waals surface area contributed by atoms with E-state index in [4.69, 9.17) is 0 Å². The van der Waals surface area contributed by atoms with Crippen LogP contribution in [0, 0.1) is 19.8 Å². The molecule has 2 heterocycles. The van der Waals surface area contributed by atoms with Crippen molar-refractivity contribution in [3.05, 3.63) is 69.6 Å². The normalized spacial score (nSPS) is 20.3. The summed E-state index contributed by atoms with van der Waals surface area (Å²) in [6.45, 7) is 8.80. The lowest BCUT2D eigenvalue weighted by molar-refractivity contribution is 0.317. The second kappa shape index (κ2) is 5.86. The number of likely N-dealkylation sites (tertiary alicyclic amines) is 1. The Morgan fingerprint density at radius 3 is 2.87 bits per heavy atom. The van der Waals surface area contributed by atoms with Gasteiger partial charge in [-0.2, -0.15) is 0 Å². The summed E-state index contributed by atoms with van der Waals surface area (Å²) < 4.78 is 0. The molecule has 0 saturated carbocycles. The minimum atomic E-state index is 0.625. The molecule has 1 atom stereocenters. The zero-order valence-corrected chi connectivity index (χ0v) is 14.0. The molecule has 1 unspecified atom stereocenters. The van der Waals surface area contributed by atoms with Gasteiger partial charge in [0.1, 0.15) is 0 Å². The van der Waals surface area contributed by atoms with Crippen LogP contribution in [0.2, 0.25) is 0 Å². The average Bonchev–Trinajstić information content (AvgIpc) is 2.87. The fourth-order valence-corrected chi connectivity index (χ4v) is 3.92. The number of hydrogen-bond acceptors (Lipinski definition) is 2. The molecule has 0 radical (unpaired) electrons. The molecule has 0 amide bonds. The van der Waals surface area contributed by atoms with Gasteiger partial charge >= 0.3 is 0 Å². The van der Waals surface area contributed by atoms with Gasteiger partial charge in [0.15, 0.2) is 0 Å². The van der Waals surface area contributed by atoms with Crippen molar-refractivity contribution in [3.63, 3.8) is 0 Å². The van der Waals surface area contributed by atoms with E-state index in [1.165, 1.54) is 27.1 Å². The molecular formula is C21H24N2. The van der Waals surface area contributed by atoms with Crippen LogP contribution in [0.25, 0.3) is 11.8 Å². The minimum Gasteiger partial charge on any atom is -0.390 e. The Labute approximate surface area is 138 Å². The molecule has 2 aliphatic rings. The second-order valence-electron chi connectivity index (χ2n) is 6.89. The fourth-order valence-electron chi connectivity index (χ4n) is 3.92. The van der Waals surface area contributed by atoms with E-state index in [1.807, 2.05) is 0 Å². The minimum absolute atomic E-state index is 0.625. The van der Waals surface area contributed by atoms with E-state index in [9.17, 15) is 0 Å². The fraction of sp³-hybridized carbons (Fsp3) is 0.333. The molecule has 4 rings (SSSR count). The van der Waals surface area contributed by atoms with Crippen LogP contribution in [0.3, 0.4) is 0 Å². The molecule has 0 aromatic heterocycles. The Hall–Kier alpha value is -2.06. The van der Waals surface area contributed by atoms with E-state index in [2.05, 4.69) is 72.7 Å². The molecule has 0 spiro atoms. The standard InChI is InChI=1S/C21H24N2/c1-15-6-5-8-18(16(15)2)12-23-13-19-11-22-10-17-7-3-4-9-20(17)21(19)14-23/h3-10,19,22H,11-14H2,1-2H3. The number of nitrogens with one attached hydrogen (secondary N) is 1. The first-order valence-electron chi connectivity index (χ1n) is 8.51. The van der Waals surface area contributed by atoms with Gasteiger partial charge in [0.25, 0.3) is 0 Å². The Balaban J connectivity index is 1.67. The topological polar surface area (TPSA) is 15.3 Å². The van der Waals surface area contributed by atoms with Gasteiger partial charge in [0.05, 0.1) is 0 Å². The van der Waals surface area contributed by atoms with Crippen LogP contribution in [-0.2, 0) is 6.54 Å². The molecule has 1 N–H and O–H groups in total. The molecule has 118 valence electrons. The van der Waals surface area contributed by atoms with Crippen LogP contribution in [0.5, 0.6) is 0 Å². The summed E-state index contributed by atoms with van der Waals surface area (Å²) in [7, 11) is 0. The van der Waals surface area contributed by atoms with Crippen LogP contribution in [-0.4, -0.2) is 24.5 Å². The van der Waals surface area contributed by atoms with Gasteiger partial charge < -0.3 is 5.32 Å². The maximum atomic E-state index is 3.51. The van der Waals surface area contributed by atoms with Gasteiger partial charge in [-0.3, -0.25) is 4.90 Å². The van der Waals surface area contributed by atoms with Gasteiger partial charge in [0, 0.05) is 38.3 Å². The van der Waals surface area contributed by atoms with Crippen molar-refractivity contribution in [3.8, 4) is 0 Å². The third-order valence-corrected chi connectivity index (χ3v) is 5.40. The Kier molecular flexibility index (Phi) is 3.70. The number of benzene rings is 2. The van der Waals surface area contributed by atoms with Crippen molar-refractivity contribution in [1.82, 2.24) is 10.2 Å². The lowest BCUT2D eigenvalue weighted by Gasteiger charge is -2.18. The summed E-state index contributed by atoms with van der Waals surface area (Å²) in [6.07, 6.45) is 2.18.